The number of amides is 1. The molecule has 0 spiro atoms. The summed E-state index contributed by atoms with van der Waals surface area (Å²) in [6, 6.07) is 3.24. The molecule has 4 nitrogen and oxygen atoms in total. The van der Waals surface area contributed by atoms with Gasteiger partial charge in [0.15, 0.2) is 0 Å². The maximum atomic E-state index is 14.4. The average Bonchev–Trinajstić information content (AvgIpc) is 2.74. The number of hydrogen-bond acceptors (Lipinski definition) is 3. The number of aliphatic hydroxyl groups is 1. The van der Waals surface area contributed by atoms with Crippen LogP contribution in [0.1, 0.15) is 81.4 Å². The van der Waals surface area contributed by atoms with Gasteiger partial charge in [-0.1, -0.05) is 51.0 Å². The quantitative estimate of drug-likeness (QED) is 0.717. The van der Waals surface area contributed by atoms with Gasteiger partial charge in [-0.2, -0.15) is 0 Å². The number of anilines is 1. The van der Waals surface area contributed by atoms with Crippen molar-refractivity contribution in [3.63, 3.8) is 0 Å². The van der Waals surface area contributed by atoms with E-state index in [-0.39, 0.29) is 11.6 Å². The first-order valence-electron chi connectivity index (χ1n) is 11.6. The summed E-state index contributed by atoms with van der Waals surface area (Å²) in [5, 5.41) is 13.3. The van der Waals surface area contributed by atoms with E-state index < -0.39 is 11.9 Å². The van der Waals surface area contributed by atoms with Gasteiger partial charge in [-0.15, -0.1) is 0 Å². The van der Waals surface area contributed by atoms with Crippen LogP contribution in [0.15, 0.2) is 12.1 Å². The molecule has 2 aliphatic heterocycles. The number of fused-ring (bicyclic) bond motifs is 1. The first-order chi connectivity index (χ1) is 14.1. The maximum Gasteiger partial charge on any atom is 0.224 e. The number of carbonyl (C=O) groups is 1. The summed E-state index contributed by atoms with van der Waals surface area (Å²) >= 11 is 0. The van der Waals surface area contributed by atoms with E-state index >= 15 is 0 Å². The second kappa shape index (κ2) is 9.57. The van der Waals surface area contributed by atoms with Crippen LogP contribution >= 0.6 is 0 Å². The van der Waals surface area contributed by atoms with Gasteiger partial charge in [0.2, 0.25) is 5.91 Å². The number of aliphatic hydroxyl groups excluding tert-OH is 1. The van der Waals surface area contributed by atoms with E-state index in [2.05, 4.69) is 10.2 Å². The average molecular weight is 403 g/mol. The number of halogens is 1. The van der Waals surface area contributed by atoms with Crippen molar-refractivity contribution in [1.82, 2.24) is 4.90 Å². The molecule has 1 aromatic carbocycles. The van der Waals surface area contributed by atoms with Crippen molar-refractivity contribution >= 4 is 11.6 Å². The number of benzene rings is 1. The molecule has 2 fully saturated rings. The highest BCUT2D eigenvalue weighted by molar-refractivity contribution is 5.94. The molecule has 0 aromatic heterocycles. The molecule has 1 saturated carbocycles. The highest BCUT2D eigenvalue weighted by atomic mass is 19.1. The van der Waals surface area contributed by atoms with Crippen LogP contribution in [0.4, 0.5) is 10.1 Å². The van der Waals surface area contributed by atoms with Crippen molar-refractivity contribution in [2.45, 2.75) is 76.7 Å². The second-order valence-corrected chi connectivity index (χ2v) is 9.43. The summed E-state index contributed by atoms with van der Waals surface area (Å²) in [4.78, 5) is 13.8. The molecule has 0 bridgehead atoms. The lowest BCUT2D eigenvalue weighted by atomic mass is 9.82. The molecular weight excluding hydrogens is 367 g/mol. The van der Waals surface area contributed by atoms with Crippen LogP contribution in [0.25, 0.3) is 0 Å². The molecule has 1 unspecified atom stereocenters. The van der Waals surface area contributed by atoms with Gasteiger partial charge in [0.25, 0.3) is 0 Å². The first-order valence-corrected chi connectivity index (χ1v) is 11.6. The Kier molecular flexibility index (Phi) is 6.86. The SMILES string of the molecule is O=C1CCc2cc(C(O)CN3CCC(CCC4CCCCC4)CC3)cc(F)c2N1. The molecule has 160 valence electrons. The lowest BCUT2D eigenvalue weighted by molar-refractivity contribution is -0.116. The van der Waals surface area contributed by atoms with Crippen molar-refractivity contribution in [1.29, 1.82) is 0 Å². The van der Waals surface area contributed by atoms with E-state index in [0.29, 0.717) is 24.9 Å². The first kappa shape index (κ1) is 20.8. The molecule has 1 aliphatic carbocycles. The summed E-state index contributed by atoms with van der Waals surface area (Å²) in [6.45, 7) is 2.60. The summed E-state index contributed by atoms with van der Waals surface area (Å²) in [7, 11) is 0. The minimum absolute atomic E-state index is 0.143. The van der Waals surface area contributed by atoms with Crippen molar-refractivity contribution in [3.05, 3.63) is 29.1 Å². The summed E-state index contributed by atoms with van der Waals surface area (Å²) in [5.41, 5.74) is 1.70. The number of likely N-dealkylation sites (tertiary alicyclic amines) is 1. The molecular formula is C24H35FN2O2. The topological polar surface area (TPSA) is 52.6 Å². The Morgan fingerprint density at radius 1 is 1.03 bits per heavy atom. The van der Waals surface area contributed by atoms with Crippen molar-refractivity contribution in [2.75, 3.05) is 25.0 Å². The van der Waals surface area contributed by atoms with Gasteiger partial charge in [-0.3, -0.25) is 4.79 Å². The number of nitrogens with one attached hydrogen (secondary N) is 1. The van der Waals surface area contributed by atoms with E-state index in [4.69, 9.17) is 0 Å². The molecule has 1 saturated heterocycles. The Bertz CT molecular complexity index is 709. The number of carbonyl (C=O) groups excluding carboxylic acids is 1. The van der Waals surface area contributed by atoms with Crippen LogP contribution < -0.4 is 5.32 Å². The number of hydrogen-bond donors (Lipinski definition) is 2. The largest absolute Gasteiger partial charge is 0.387 e. The predicted molar refractivity (Wildman–Crippen MR) is 113 cm³/mol. The summed E-state index contributed by atoms with van der Waals surface area (Å²) in [6.07, 6.45) is 12.6. The zero-order valence-electron chi connectivity index (χ0n) is 17.5. The Hall–Kier alpha value is -1.46. The molecule has 4 rings (SSSR count). The molecule has 1 aromatic rings. The smallest absolute Gasteiger partial charge is 0.224 e. The third-order valence-corrected chi connectivity index (χ3v) is 7.31. The number of β-amino-alcohol motifs (C(OH)–C–C–N with tert-alkyl or cyclic N) is 1. The van der Waals surface area contributed by atoms with Crippen molar-refractivity contribution in [3.8, 4) is 0 Å². The lowest BCUT2D eigenvalue weighted by Gasteiger charge is -2.34. The van der Waals surface area contributed by atoms with Crippen LogP contribution in [-0.2, 0) is 11.2 Å². The van der Waals surface area contributed by atoms with Gasteiger partial charge in [0.05, 0.1) is 11.8 Å². The normalized spacial score (nSPS) is 22.9. The lowest BCUT2D eigenvalue weighted by Crippen LogP contribution is -2.36. The number of aryl methyl sites for hydroxylation is 1. The van der Waals surface area contributed by atoms with Gasteiger partial charge in [-0.05, 0) is 61.4 Å². The van der Waals surface area contributed by atoms with Gasteiger partial charge in [0.1, 0.15) is 5.82 Å². The van der Waals surface area contributed by atoms with E-state index in [1.807, 2.05) is 6.07 Å². The van der Waals surface area contributed by atoms with Gasteiger partial charge in [-0.25, -0.2) is 4.39 Å². The highest BCUT2D eigenvalue weighted by Crippen LogP contribution is 2.33. The zero-order chi connectivity index (χ0) is 20.2. The molecule has 5 heteroatoms. The standard InChI is InChI=1S/C24H35FN2O2/c25-21-15-20(14-19-8-9-23(29)26-24(19)21)22(28)16-27-12-10-18(11-13-27)7-6-17-4-2-1-3-5-17/h14-15,17-18,22,28H,1-13,16H2,(H,26,29). The van der Waals surface area contributed by atoms with Crippen LogP contribution in [0.5, 0.6) is 0 Å². The van der Waals surface area contributed by atoms with Crippen LogP contribution in [0.3, 0.4) is 0 Å². The molecule has 3 aliphatic rings. The van der Waals surface area contributed by atoms with E-state index in [1.165, 1.54) is 63.9 Å². The third kappa shape index (κ3) is 5.37. The number of rotatable bonds is 6. The molecule has 29 heavy (non-hydrogen) atoms. The highest BCUT2D eigenvalue weighted by Gasteiger charge is 2.25. The fraction of sp³-hybridized carbons (Fsp3) is 0.708. The van der Waals surface area contributed by atoms with Crippen molar-refractivity contribution in [2.24, 2.45) is 11.8 Å². The van der Waals surface area contributed by atoms with Gasteiger partial charge in [0, 0.05) is 13.0 Å². The van der Waals surface area contributed by atoms with Gasteiger partial charge >= 0.3 is 0 Å². The Balaban J connectivity index is 1.25. The second-order valence-electron chi connectivity index (χ2n) is 9.43. The fourth-order valence-electron chi connectivity index (χ4n) is 5.42. The minimum Gasteiger partial charge on any atom is -0.387 e. The molecule has 1 atom stereocenters. The fourth-order valence-corrected chi connectivity index (χ4v) is 5.42. The number of nitrogens with zero attached hydrogens (tertiary/aromatic N) is 1. The summed E-state index contributed by atoms with van der Waals surface area (Å²) < 4.78 is 14.4. The number of piperidine rings is 1. The maximum absolute atomic E-state index is 14.4. The molecule has 2 N–H and O–H groups in total. The predicted octanol–water partition coefficient (Wildman–Crippen LogP) is 4.82. The summed E-state index contributed by atoms with van der Waals surface area (Å²) in [5.74, 6) is 1.21. The third-order valence-electron chi connectivity index (χ3n) is 7.31. The Morgan fingerprint density at radius 2 is 1.72 bits per heavy atom. The van der Waals surface area contributed by atoms with Crippen molar-refractivity contribution < 1.29 is 14.3 Å². The monoisotopic (exact) mass is 402 g/mol. The molecule has 0 radical (unpaired) electrons. The Morgan fingerprint density at radius 3 is 2.45 bits per heavy atom. The van der Waals surface area contributed by atoms with Crippen LogP contribution in [0.2, 0.25) is 0 Å². The van der Waals surface area contributed by atoms with E-state index in [1.54, 1.807) is 0 Å². The molecule has 2 heterocycles. The van der Waals surface area contributed by atoms with E-state index in [9.17, 15) is 14.3 Å². The van der Waals surface area contributed by atoms with E-state index in [0.717, 1.165) is 30.5 Å². The molecule has 1 amide bonds. The Labute approximate surface area is 173 Å². The minimum atomic E-state index is -0.689. The van der Waals surface area contributed by atoms with Gasteiger partial charge < -0.3 is 15.3 Å². The van der Waals surface area contributed by atoms with Crippen LogP contribution in [-0.4, -0.2) is 35.5 Å². The zero-order valence-corrected chi connectivity index (χ0v) is 17.5. The van der Waals surface area contributed by atoms with Crippen LogP contribution in [0, 0.1) is 17.7 Å².